The van der Waals surface area contributed by atoms with Gasteiger partial charge in [0.05, 0.1) is 24.8 Å². The first kappa shape index (κ1) is 34.3. The van der Waals surface area contributed by atoms with Crippen LogP contribution in [0.15, 0.2) is 102 Å². The number of likely N-dealkylation sites (N-methyl/N-ethyl adjacent to an activating group) is 1. The summed E-state index contributed by atoms with van der Waals surface area (Å²) >= 11 is 6.14. The van der Waals surface area contributed by atoms with Crippen molar-refractivity contribution < 1.29 is 27.5 Å². The van der Waals surface area contributed by atoms with Crippen molar-refractivity contribution in [1.82, 2.24) is 10.2 Å². The maximum Gasteiger partial charge on any atom is 0.264 e. The molecule has 0 aliphatic carbocycles. The number of carbonyl (C=O) groups is 2. The first-order chi connectivity index (χ1) is 22.1. The fourth-order valence-corrected chi connectivity index (χ4v) is 6.51. The van der Waals surface area contributed by atoms with Gasteiger partial charge in [-0.2, -0.15) is 0 Å². The van der Waals surface area contributed by atoms with E-state index in [-0.39, 0.29) is 29.5 Å². The van der Waals surface area contributed by atoms with Gasteiger partial charge in [-0.25, -0.2) is 8.42 Å². The fraction of sp³-hybridized carbons (Fsp3) is 0.257. The summed E-state index contributed by atoms with van der Waals surface area (Å²) in [5.74, 6) is -0.243. The average molecular weight is 664 g/mol. The number of methoxy groups -OCH3 is 2. The van der Waals surface area contributed by atoms with E-state index in [1.165, 1.54) is 37.3 Å². The lowest BCUT2D eigenvalue weighted by Crippen LogP contribution is -2.53. The lowest BCUT2D eigenvalue weighted by molar-refractivity contribution is -0.140. The Labute approximate surface area is 275 Å². The van der Waals surface area contributed by atoms with Gasteiger partial charge in [0, 0.05) is 30.6 Å². The maximum absolute atomic E-state index is 14.5. The van der Waals surface area contributed by atoms with Crippen LogP contribution in [0, 0.1) is 6.92 Å². The van der Waals surface area contributed by atoms with Gasteiger partial charge in [0.2, 0.25) is 11.8 Å². The zero-order valence-electron chi connectivity index (χ0n) is 26.3. The minimum Gasteiger partial charge on any atom is -0.493 e. The highest BCUT2D eigenvalue weighted by atomic mass is 35.5. The van der Waals surface area contributed by atoms with E-state index < -0.39 is 28.5 Å². The van der Waals surface area contributed by atoms with Crippen LogP contribution in [0.1, 0.15) is 23.6 Å². The number of hydrogen-bond donors (Lipinski definition) is 1. The first-order valence-corrected chi connectivity index (χ1v) is 16.6. The number of nitrogens with zero attached hydrogens (tertiary/aromatic N) is 2. The number of hydrogen-bond acceptors (Lipinski definition) is 6. The third-order valence-electron chi connectivity index (χ3n) is 7.43. The molecule has 0 spiro atoms. The van der Waals surface area contributed by atoms with Crippen molar-refractivity contribution in [3.8, 4) is 11.5 Å². The number of aryl methyl sites for hydroxylation is 1. The third kappa shape index (κ3) is 8.38. The standard InChI is InChI=1S/C35H38ClN3O6S/c1-5-37-35(41)31(21-26-9-7-6-8-10-26)38(23-27-13-15-28(36)16-14-27)34(40)24-39(29-17-20-32(44-3)33(22-29)45-4)46(42,43)30-18-11-25(2)12-19-30/h6-20,22,31H,5,21,23-24H2,1-4H3,(H,37,41)/t31-/m0/s1. The molecule has 2 amide bonds. The number of amides is 2. The van der Waals surface area contributed by atoms with Gasteiger partial charge in [-0.1, -0.05) is 71.8 Å². The lowest BCUT2D eigenvalue weighted by Gasteiger charge is -2.34. The fourth-order valence-electron chi connectivity index (χ4n) is 4.98. The molecule has 0 radical (unpaired) electrons. The molecule has 4 aromatic rings. The Kier molecular flexibility index (Phi) is 11.7. The van der Waals surface area contributed by atoms with Gasteiger partial charge in [0.15, 0.2) is 11.5 Å². The van der Waals surface area contributed by atoms with E-state index in [2.05, 4.69) is 5.32 Å². The third-order valence-corrected chi connectivity index (χ3v) is 9.47. The van der Waals surface area contributed by atoms with Crippen LogP contribution in [-0.4, -0.2) is 58.5 Å². The highest BCUT2D eigenvalue weighted by Gasteiger charge is 2.35. The molecule has 0 unspecified atom stereocenters. The van der Waals surface area contributed by atoms with E-state index in [9.17, 15) is 18.0 Å². The topological polar surface area (TPSA) is 105 Å². The Morgan fingerprint density at radius 2 is 1.50 bits per heavy atom. The van der Waals surface area contributed by atoms with E-state index in [0.29, 0.717) is 23.1 Å². The number of rotatable bonds is 14. The van der Waals surface area contributed by atoms with Gasteiger partial charge in [-0.15, -0.1) is 0 Å². The van der Waals surface area contributed by atoms with Crippen LogP contribution in [0.25, 0.3) is 0 Å². The summed E-state index contributed by atoms with van der Waals surface area (Å²) in [4.78, 5) is 29.6. The molecular weight excluding hydrogens is 626 g/mol. The van der Waals surface area contributed by atoms with E-state index in [1.807, 2.05) is 37.3 Å². The highest BCUT2D eigenvalue weighted by molar-refractivity contribution is 7.92. The Bertz CT molecular complexity index is 1730. The predicted octanol–water partition coefficient (Wildman–Crippen LogP) is 5.64. The summed E-state index contributed by atoms with van der Waals surface area (Å²) in [5, 5.41) is 3.38. The number of ether oxygens (including phenoxy) is 2. The molecule has 0 fully saturated rings. The number of sulfonamides is 1. The Balaban J connectivity index is 1.83. The van der Waals surface area contributed by atoms with E-state index >= 15 is 0 Å². The average Bonchev–Trinajstić information content (AvgIpc) is 3.06. The number of benzene rings is 4. The van der Waals surface area contributed by atoms with Gasteiger partial charge in [0.25, 0.3) is 10.0 Å². The summed E-state index contributed by atoms with van der Waals surface area (Å²) in [6.45, 7) is 3.45. The summed E-state index contributed by atoms with van der Waals surface area (Å²) in [6, 6.07) is 26.4. The molecule has 1 atom stereocenters. The van der Waals surface area contributed by atoms with Gasteiger partial charge in [-0.3, -0.25) is 13.9 Å². The number of nitrogens with one attached hydrogen (secondary N) is 1. The quantitative estimate of drug-likeness (QED) is 0.187. The molecule has 1 N–H and O–H groups in total. The van der Waals surface area contributed by atoms with E-state index in [1.54, 1.807) is 55.5 Å². The molecule has 0 saturated carbocycles. The highest BCUT2D eigenvalue weighted by Crippen LogP contribution is 2.34. The van der Waals surface area contributed by atoms with Crippen LogP contribution in [0.3, 0.4) is 0 Å². The Morgan fingerprint density at radius 1 is 0.848 bits per heavy atom. The van der Waals surface area contributed by atoms with Gasteiger partial charge in [0.1, 0.15) is 12.6 Å². The molecule has 0 aliphatic rings. The van der Waals surface area contributed by atoms with Crippen molar-refractivity contribution >= 4 is 39.1 Å². The second kappa shape index (κ2) is 15.6. The second-order valence-electron chi connectivity index (χ2n) is 10.6. The van der Waals surface area contributed by atoms with Crippen LogP contribution in [-0.2, 0) is 32.6 Å². The maximum atomic E-state index is 14.5. The molecule has 0 aromatic heterocycles. The summed E-state index contributed by atoms with van der Waals surface area (Å²) in [7, 11) is -1.34. The van der Waals surface area contributed by atoms with Crippen LogP contribution < -0.4 is 19.1 Å². The predicted molar refractivity (Wildman–Crippen MR) is 180 cm³/mol. The molecule has 46 heavy (non-hydrogen) atoms. The molecule has 9 nitrogen and oxygen atoms in total. The number of carbonyl (C=O) groups excluding carboxylic acids is 2. The van der Waals surface area contributed by atoms with E-state index in [4.69, 9.17) is 21.1 Å². The number of anilines is 1. The molecule has 0 heterocycles. The smallest absolute Gasteiger partial charge is 0.264 e. The van der Waals surface area contributed by atoms with Crippen LogP contribution >= 0.6 is 11.6 Å². The SMILES string of the molecule is CCNC(=O)[C@H](Cc1ccccc1)N(Cc1ccc(Cl)cc1)C(=O)CN(c1ccc(OC)c(OC)c1)S(=O)(=O)c1ccc(C)cc1. The summed E-state index contributed by atoms with van der Waals surface area (Å²) < 4.78 is 40.3. The molecule has 4 aromatic carbocycles. The molecule has 4 rings (SSSR count). The molecule has 242 valence electrons. The zero-order chi connectivity index (χ0) is 33.3. The van der Waals surface area contributed by atoms with Crippen LogP contribution in [0.4, 0.5) is 5.69 Å². The van der Waals surface area contributed by atoms with Crippen molar-refractivity contribution in [2.24, 2.45) is 0 Å². The van der Waals surface area contributed by atoms with Gasteiger partial charge < -0.3 is 19.7 Å². The van der Waals surface area contributed by atoms with Crippen LogP contribution in [0.2, 0.25) is 5.02 Å². The number of halogens is 1. The van der Waals surface area contributed by atoms with Crippen molar-refractivity contribution in [3.63, 3.8) is 0 Å². The summed E-state index contributed by atoms with van der Waals surface area (Å²) in [6.07, 6.45) is 0.215. The molecule has 0 aliphatic heterocycles. The normalized spacial score (nSPS) is 11.8. The minimum absolute atomic E-state index is 0.00879. The molecule has 11 heteroatoms. The zero-order valence-corrected chi connectivity index (χ0v) is 27.8. The molecule has 0 bridgehead atoms. The van der Waals surface area contributed by atoms with Crippen LogP contribution in [0.5, 0.6) is 11.5 Å². The Hall–Kier alpha value is -4.54. The first-order valence-electron chi connectivity index (χ1n) is 14.7. The monoisotopic (exact) mass is 663 g/mol. The van der Waals surface area contributed by atoms with Crippen molar-refractivity contribution in [2.75, 3.05) is 31.6 Å². The lowest BCUT2D eigenvalue weighted by atomic mass is 10.0. The van der Waals surface area contributed by atoms with Gasteiger partial charge >= 0.3 is 0 Å². The summed E-state index contributed by atoms with van der Waals surface area (Å²) in [5.41, 5.74) is 2.64. The van der Waals surface area contributed by atoms with Gasteiger partial charge in [-0.05, 0) is 61.4 Å². The molecular formula is C35H38ClN3O6S. The van der Waals surface area contributed by atoms with Crippen molar-refractivity contribution in [1.29, 1.82) is 0 Å². The van der Waals surface area contributed by atoms with Crippen molar-refractivity contribution in [2.45, 2.75) is 37.8 Å². The minimum atomic E-state index is -4.27. The second-order valence-corrected chi connectivity index (χ2v) is 12.9. The largest absolute Gasteiger partial charge is 0.493 e. The Morgan fingerprint density at radius 3 is 2.11 bits per heavy atom. The van der Waals surface area contributed by atoms with Crippen molar-refractivity contribution in [3.05, 3.63) is 119 Å². The molecule has 0 saturated heterocycles. The van der Waals surface area contributed by atoms with E-state index in [0.717, 1.165) is 21.0 Å².